The quantitative estimate of drug-likeness (QED) is 0.401. The number of carbonyl (C=O) groups excluding carboxylic acids is 3. The predicted molar refractivity (Wildman–Crippen MR) is 124 cm³/mol. The van der Waals surface area contributed by atoms with Crippen LogP contribution in [0.2, 0.25) is 5.02 Å². The Morgan fingerprint density at radius 1 is 1.15 bits per heavy atom. The fourth-order valence-electron chi connectivity index (χ4n) is 6.55. The summed E-state index contributed by atoms with van der Waals surface area (Å²) in [5.41, 5.74) is 1.82. The van der Waals surface area contributed by atoms with Crippen LogP contribution in [-0.4, -0.2) is 40.1 Å². The first-order chi connectivity index (χ1) is 16.2. The second kappa shape index (κ2) is 6.86. The van der Waals surface area contributed by atoms with Gasteiger partial charge in [-0.25, -0.2) is 4.90 Å². The molecule has 3 fully saturated rings. The molecule has 0 radical (unpaired) electrons. The van der Waals surface area contributed by atoms with Gasteiger partial charge in [0.2, 0.25) is 17.7 Å². The largest absolute Gasteiger partial charge is 0.324 e. The van der Waals surface area contributed by atoms with E-state index in [1.54, 1.807) is 0 Å². The fourth-order valence-corrected chi connectivity index (χ4v) is 6.74. The molecular weight excluding hydrogens is 460 g/mol. The minimum atomic E-state index is -1.28. The zero-order chi connectivity index (χ0) is 24.1. The minimum absolute atomic E-state index is 0.0820. The molecule has 1 spiro atoms. The minimum Gasteiger partial charge on any atom is -0.324 e. The highest BCUT2D eigenvalue weighted by Gasteiger charge is 2.74. The number of hydrogen-bond donors (Lipinski definition) is 1. The molecule has 0 saturated carbocycles. The third kappa shape index (κ3) is 2.35. The number of rotatable bonds is 2. The van der Waals surface area contributed by atoms with Crippen molar-refractivity contribution in [3.63, 3.8) is 0 Å². The lowest BCUT2D eigenvalue weighted by Gasteiger charge is -2.36. The van der Waals surface area contributed by atoms with E-state index in [0.29, 0.717) is 18.7 Å². The lowest BCUT2D eigenvalue weighted by atomic mass is 9.75. The third-order valence-corrected chi connectivity index (χ3v) is 8.40. The highest BCUT2D eigenvalue weighted by Crippen LogP contribution is 2.61. The number of nitrogens with zero attached hydrogens (tertiary/aromatic N) is 3. The molecule has 0 bridgehead atoms. The molecule has 0 unspecified atom stereocenters. The van der Waals surface area contributed by atoms with Gasteiger partial charge in [0.25, 0.3) is 5.69 Å². The van der Waals surface area contributed by atoms with E-state index in [1.807, 2.05) is 26.0 Å². The van der Waals surface area contributed by atoms with Gasteiger partial charge in [-0.2, -0.15) is 0 Å². The van der Waals surface area contributed by atoms with Gasteiger partial charge in [0.1, 0.15) is 10.6 Å². The van der Waals surface area contributed by atoms with E-state index < -0.39 is 34.1 Å². The number of imide groups is 1. The van der Waals surface area contributed by atoms with Crippen LogP contribution in [0.1, 0.15) is 29.5 Å². The second-order valence-corrected chi connectivity index (χ2v) is 9.87. The Morgan fingerprint density at radius 2 is 1.91 bits per heavy atom. The van der Waals surface area contributed by atoms with Crippen LogP contribution < -0.4 is 10.2 Å². The third-order valence-electron chi connectivity index (χ3n) is 8.08. The van der Waals surface area contributed by atoms with E-state index >= 15 is 0 Å². The first kappa shape index (κ1) is 21.2. The van der Waals surface area contributed by atoms with Crippen molar-refractivity contribution in [2.45, 2.75) is 38.3 Å². The lowest BCUT2D eigenvalue weighted by Crippen LogP contribution is -2.54. The molecule has 3 saturated heterocycles. The van der Waals surface area contributed by atoms with Crippen molar-refractivity contribution in [1.29, 1.82) is 0 Å². The number of amides is 3. The van der Waals surface area contributed by atoms with Gasteiger partial charge in [-0.05, 0) is 56.5 Å². The van der Waals surface area contributed by atoms with Crippen molar-refractivity contribution in [3.05, 3.63) is 62.2 Å². The maximum atomic E-state index is 14.0. The highest BCUT2D eigenvalue weighted by atomic mass is 35.5. The Kier molecular flexibility index (Phi) is 4.29. The molecule has 10 heteroatoms. The summed E-state index contributed by atoms with van der Waals surface area (Å²) in [5.74, 6) is -2.85. The molecule has 9 nitrogen and oxygen atoms in total. The van der Waals surface area contributed by atoms with Crippen molar-refractivity contribution < 1.29 is 19.3 Å². The van der Waals surface area contributed by atoms with E-state index in [0.717, 1.165) is 34.1 Å². The predicted octanol–water partition coefficient (Wildman–Crippen LogP) is 3.30. The second-order valence-electron chi connectivity index (χ2n) is 9.46. The number of halogens is 1. The maximum absolute atomic E-state index is 14.0. The molecule has 4 heterocycles. The molecule has 4 aliphatic rings. The Labute approximate surface area is 199 Å². The Hall–Kier alpha value is -3.30. The monoisotopic (exact) mass is 480 g/mol. The first-order valence-electron chi connectivity index (χ1n) is 11.2. The van der Waals surface area contributed by atoms with Crippen LogP contribution in [0.5, 0.6) is 0 Å². The number of benzene rings is 2. The summed E-state index contributed by atoms with van der Waals surface area (Å²) in [7, 11) is 0. The molecule has 0 aliphatic carbocycles. The average molecular weight is 481 g/mol. The van der Waals surface area contributed by atoms with Crippen LogP contribution in [0, 0.1) is 35.8 Å². The van der Waals surface area contributed by atoms with Gasteiger partial charge >= 0.3 is 0 Å². The molecule has 174 valence electrons. The van der Waals surface area contributed by atoms with Crippen LogP contribution in [0.25, 0.3) is 0 Å². The van der Waals surface area contributed by atoms with Crippen LogP contribution in [0.3, 0.4) is 0 Å². The number of nitrogens with one attached hydrogen (secondary N) is 1. The van der Waals surface area contributed by atoms with Crippen molar-refractivity contribution in [3.8, 4) is 0 Å². The number of aryl methyl sites for hydroxylation is 1. The smallest absolute Gasteiger partial charge is 0.289 e. The highest BCUT2D eigenvalue weighted by molar-refractivity contribution is 6.33. The summed E-state index contributed by atoms with van der Waals surface area (Å²) < 4.78 is 0. The van der Waals surface area contributed by atoms with E-state index in [9.17, 15) is 24.5 Å². The lowest BCUT2D eigenvalue weighted by molar-refractivity contribution is -0.384. The van der Waals surface area contributed by atoms with Crippen molar-refractivity contribution in [1.82, 2.24) is 4.90 Å². The van der Waals surface area contributed by atoms with E-state index in [-0.39, 0.29) is 28.3 Å². The number of nitro groups is 1. The molecule has 6 rings (SSSR count). The van der Waals surface area contributed by atoms with Gasteiger partial charge in [0, 0.05) is 23.4 Å². The topological polar surface area (TPSA) is 113 Å². The zero-order valence-corrected chi connectivity index (χ0v) is 19.3. The summed E-state index contributed by atoms with van der Waals surface area (Å²) in [6, 6.07) is 7.46. The molecule has 3 amide bonds. The van der Waals surface area contributed by atoms with Gasteiger partial charge < -0.3 is 5.32 Å². The Morgan fingerprint density at radius 3 is 2.65 bits per heavy atom. The van der Waals surface area contributed by atoms with Crippen LogP contribution in [0.15, 0.2) is 30.3 Å². The average Bonchev–Trinajstić information content (AvgIpc) is 3.50. The summed E-state index contributed by atoms with van der Waals surface area (Å²) >= 11 is 5.95. The molecule has 2 aromatic rings. The molecule has 1 N–H and O–H groups in total. The van der Waals surface area contributed by atoms with Crippen LogP contribution in [-0.2, 0) is 19.9 Å². The van der Waals surface area contributed by atoms with Crippen LogP contribution >= 0.6 is 11.6 Å². The van der Waals surface area contributed by atoms with Gasteiger partial charge in [-0.15, -0.1) is 0 Å². The summed E-state index contributed by atoms with van der Waals surface area (Å²) in [6.07, 6.45) is 1.51. The van der Waals surface area contributed by atoms with E-state index in [4.69, 9.17) is 11.6 Å². The number of hydrogen-bond acceptors (Lipinski definition) is 6. The number of fused-ring (bicyclic) bond motifs is 7. The number of carbonyl (C=O) groups is 3. The zero-order valence-electron chi connectivity index (χ0n) is 18.5. The van der Waals surface area contributed by atoms with Gasteiger partial charge in [0.05, 0.1) is 22.4 Å². The summed E-state index contributed by atoms with van der Waals surface area (Å²) in [6.45, 7) is 4.51. The first-order valence-corrected chi connectivity index (χ1v) is 11.6. The standard InChI is InChI=1S/C24H21ClN4O5/c1-11-5-7-14-20(12(11)2)26-23(32)24(14)19-18(16-4-3-9-27(16)24)21(30)28(22(19)31)13-6-8-15(25)17(10-13)29(33)34/h5-8,10,16,18-19H,3-4,9H2,1-2H3,(H,26,32)/t16-,18+,19+,24+/m1/s1. The molecule has 4 atom stereocenters. The molecule has 4 aliphatic heterocycles. The van der Waals surface area contributed by atoms with Crippen LogP contribution in [0.4, 0.5) is 17.1 Å². The number of nitro benzene ring substituents is 1. The van der Waals surface area contributed by atoms with Gasteiger partial charge in [0.15, 0.2) is 0 Å². The summed E-state index contributed by atoms with van der Waals surface area (Å²) in [4.78, 5) is 55.3. The normalized spacial score (nSPS) is 29.6. The van der Waals surface area contributed by atoms with Crippen molar-refractivity contribution in [2.75, 3.05) is 16.8 Å². The summed E-state index contributed by atoms with van der Waals surface area (Å²) in [5, 5.41) is 14.3. The maximum Gasteiger partial charge on any atom is 0.289 e. The SMILES string of the molecule is Cc1ccc2c(c1C)NC(=O)[C@@]21[C@@H]2C(=O)N(c3ccc(Cl)c([N+](=O)[O-])c3)C(=O)[C@H]2[C@H]2CCCN21. The Bertz CT molecular complexity index is 1340. The van der Waals surface area contributed by atoms with Gasteiger partial charge in [-0.3, -0.25) is 29.4 Å². The number of anilines is 2. The van der Waals surface area contributed by atoms with E-state index in [1.165, 1.54) is 12.1 Å². The molecule has 2 aromatic carbocycles. The van der Waals surface area contributed by atoms with Crippen molar-refractivity contribution >= 4 is 46.4 Å². The van der Waals surface area contributed by atoms with Crippen molar-refractivity contribution in [2.24, 2.45) is 11.8 Å². The molecular formula is C24H21ClN4O5. The fraction of sp³-hybridized carbons (Fsp3) is 0.375. The van der Waals surface area contributed by atoms with E-state index in [2.05, 4.69) is 10.2 Å². The molecule has 0 aromatic heterocycles. The molecule has 34 heavy (non-hydrogen) atoms. The van der Waals surface area contributed by atoms with Gasteiger partial charge in [-0.1, -0.05) is 23.7 Å². The Balaban J connectivity index is 1.54.